The van der Waals surface area contributed by atoms with E-state index in [1.165, 1.54) is 14.0 Å². The van der Waals surface area contributed by atoms with Gasteiger partial charge in [0.05, 0.1) is 31.0 Å². The van der Waals surface area contributed by atoms with E-state index in [0.29, 0.717) is 56.7 Å². The number of piperidine rings is 1. The van der Waals surface area contributed by atoms with Crippen LogP contribution in [0, 0.1) is 0 Å². The van der Waals surface area contributed by atoms with Gasteiger partial charge >= 0.3 is 17.9 Å². The van der Waals surface area contributed by atoms with E-state index in [-0.39, 0.29) is 37.1 Å². The first-order valence-corrected chi connectivity index (χ1v) is 16.2. The Labute approximate surface area is 278 Å². The number of carboxylic acids is 1. The van der Waals surface area contributed by atoms with Crippen molar-refractivity contribution in [2.75, 3.05) is 33.8 Å². The predicted molar refractivity (Wildman–Crippen MR) is 168 cm³/mol. The third-order valence-electron chi connectivity index (χ3n) is 9.96. The van der Waals surface area contributed by atoms with Crippen molar-refractivity contribution >= 4 is 29.7 Å². The fraction of sp³-hybridized carbons (Fsp3) is 0.606. The maximum absolute atomic E-state index is 13.2. The molecule has 15 nitrogen and oxygen atoms in total. The Bertz CT molecular complexity index is 1500. The van der Waals surface area contributed by atoms with Gasteiger partial charge in [0.2, 0.25) is 17.9 Å². The van der Waals surface area contributed by atoms with Gasteiger partial charge in [-0.1, -0.05) is 6.07 Å². The lowest BCUT2D eigenvalue weighted by Crippen LogP contribution is -2.74. The SMILES string of the molecule is COc1ccc2c3c1O[C@H]1C(OC(=O)C[C@H](OC(=O)CCNC(=O)[C@H](CCCCN)NC(C)=O)C(=O)O)=CC[C@@]4(O)[C@H](C2)N(C)CC[C@]314. The molecule has 1 spiro atoms. The van der Waals surface area contributed by atoms with Gasteiger partial charge in [-0.15, -0.1) is 0 Å². The molecule has 1 saturated heterocycles. The average Bonchev–Trinajstić information content (AvgIpc) is 3.39. The van der Waals surface area contributed by atoms with E-state index in [2.05, 4.69) is 15.5 Å². The van der Waals surface area contributed by atoms with Crippen LogP contribution in [0.5, 0.6) is 11.5 Å². The number of ether oxygens (including phenoxy) is 4. The minimum absolute atomic E-state index is 0.150. The van der Waals surface area contributed by atoms with Gasteiger partial charge in [0.25, 0.3) is 0 Å². The second kappa shape index (κ2) is 14.1. The molecule has 1 aromatic carbocycles. The summed E-state index contributed by atoms with van der Waals surface area (Å²) in [6.07, 6.45) is 0.694. The smallest absolute Gasteiger partial charge is 0.345 e. The summed E-state index contributed by atoms with van der Waals surface area (Å²) in [5, 5.41) is 27.1. The van der Waals surface area contributed by atoms with Gasteiger partial charge in [-0.05, 0) is 69.9 Å². The summed E-state index contributed by atoms with van der Waals surface area (Å²) >= 11 is 0. The van der Waals surface area contributed by atoms with Crippen molar-refractivity contribution in [1.29, 1.82) is 0 Å². The number of rotatable bonds is 15. The number of carbonyl (C=O) groups is 5. The normalized spacial score (nSPS) is 26.1. The van der Waals surface area contributed by atoms with Crippen LogP contribution in [0.1, 0.15) is 63.0 Å². The number of aliphatic hydroxyl groups is 1. The van der Waals surface area contributed by atoms with Crippen LogP contribution in [-0.4, -0.2) is 109 Å². The van der Waals surface area contributed by atoms with Crippen LogP contribution in [-0.2, 0) is 45.3 Å². The number of likely N-dealkylation sites (N-methyl/N-ethyl adjacent to an activating group) is 1. The summed E-state index contributed by atoms with van der Waals surface area (Å²) in [5.74, 6) is -3.22. The molecule has 2 aliphatic carbocycles. The topological polar surface area (TPSA) is 216 Å². The first-order chi connectivity index (χ1) is 22.9. The van der Waals surface area contributed by atoms with Gasteiger partial charge in [0.15, 0.2) is 17.6 Å². The Morgan fingerprint density at radius 3 is 2.65 bits per heavy atom. The highest BCUT2D eigenvalue weighted by Gasteiger charge is 2.72. The minimum Gasteiger partial charge on any atom is -0.493 e. The number of amides is 2. The maximum Gasteiger partial charge on any atom is 0.345 e. The second-order valence-electron chi connectivity index (χ2n) is 12.9. The van der Waals surface area contributed by atoms with Gasteiger partial charge in [-0.25, -0.2) is 4.79 Å². The maximum atomic E-state index is 13.2. The number of hydrogen-bond acceptors (Lipinski definition) is 12. The third kappa shape index (κ3) is 6.33. The fourth-order valence-corrected chi connectivity index (χ4v) is 7.73. The Hall–Kier alpha value is -4.21. The Kier molecular flexibility index (Phi) is 10.3. The van der Waals surface area contributed by atoms with E-state index in [0.717, 1.165) is 11.1 Å². The zero-order valence-electron chi connectivity index (χ0n) is 27.4. The number of nitrogens with zero attached hydrogens (tertiary/aromatic N) is 1. The number of hydrogen-bond donors (Lipinski definition) is 5. The van der Waals surface area contributed by atoms with Gasteiger partial charge in [-0.2, -0.15) is 0 Å². The minimum atomic E-state index is -1.85. The highest BCUT2D eigenvalue weighted by Crippen LogP contribution is 2.65. The molecule has 15 heteroatoms. The number of likely N-dealkylation sites (tertiary alicyclic amines) is 1. The van der Waals surface area contributed by atoms with Gasteiger partial charge in [0.1, 0.15) is 11.8 Å². The summed E-state index contributed by atoms with van der Waals surface area (Å²) < 4.78 is 22.8. The number of methoxy groups -OCH3 is 1. The zero-order valence-corrected chi connectivity index (χ0v) is 27.4. The Morgan fingerprint density at radius 2 is 1.96 bits per heavy atom. The van der Waals surface area contributed by atoms with Crippen LogP contribution in [0.2, 0.25) is 0 Å². The van der Waals surface area contributed by atoms with Gasteiger partial charge < -0.3 is 50.4 Å². The van der Waals surface area contributed by atoms with E-state index in [9.17, 15) is 34.2 Å². The van der Waals surface area contributed by atoms with E-state index >= 15 is 0 Å². The van der Waals surface area contributed by atoms with E-state index in [1.54, 1.807) is 6.08 Å². The molecule has 6 N–H and O–H groups in total. The van der Waals surface area contributed by atoms with Crippen molar-refractivity contribution in [3.63, 3.8) is 0 Å². The predicted octanol–water partition coefficient (Wildman–Crippen LogP) is 0.0426. The molecule has 2 aliphatic heterocycles. The number of carbonyl (C=O) groups excluding carboxylic acids is 4. The standard InChI is InChI=1S/C33H44N4O11/c1-18(38)36-20(6-4-5-13-34)30(41)35-14-10-25(39)47-23(31(42)43)17-26(40)46-22-9-11-33(44)24-16-19-7-8-21(45-3)28-27(19)32(33,29(22)48-28)12-15-37(24)2/h7-9,20,23-24,29,44H,4-6,10-17,34H2,1-3H3,(H,35,41)(H,36,38)(H,42,43)/t20-,23-,24-,29-,32-,33+/m0/s1. The van der Waals surface area contributed by atoms with Crippen LogP contribution < -0.4 is 25.8 Å². The highest BCUT2D eigenvalue weighted by molar-refractivity contribution is 5.87. The number of carboxylic acid groups (broad SMARTS) is 1. The summed E-state index contributed by atoms with van der Waals surface area (Å²) in [4.78, 5) is 63.8. The molecule has 2 amide bonds. The summed E-state index contributed by atoms with van der Waals surface area (Å²) in [6, 6.07) is 2.78. The molecule has 48 heavy (non-hydrogen) atoms. The highest BCUT2D eigenvalue weighted by atomic mass is 16.6. The Morgan fingerprint density at radius 1 is 1.19 bits per heavy atom. The number of esters is 2. The lowest BCUT2D eigenvalue weighted by molar-refractivity contribution is -0.173. The van der Waals surface area contributed by atoms with Crippen molar-refractivity contribution in [2.45, 2.75) is 93.6 Å². The largest absolute Gasteiger partial charge is 0.493 e. The van der Waals surface area contributed by atoms with E-state index in [4.69, 9.17) is 24.7 Å². The summed E-state index contributed by atoms with van der Waals surface area (Å²) in [7, 11) is 3.50. The first-order valence-electron chi connectivity index (χ1n) is 16.2. The van der Waals surface area contributed by atoms with Crippen molar-refractivity contribution in [1.82, 2.24) is 15.5 Å². The van der Waals surface area contributed by atoms with Crippen LogP contribution >= 0.6 is 0 Å². The first kappa shape index (κ1) is 35.1. The van der Waals surface area contributed by atoms with Crippen LogP contribution in [0.3, 0.4) is 0 Å². The molecular formula is C33H44N4O11. The zero-order chi connectivity index (χ0) is 34.8. The van der Waals surface area contributed by atoms with Crippen molar-refractivity contribution in [2.24, 2.45) is 5.73 Å². The van der Waals surface area contributed by atoms with Crippen LogP contribution in [0.25, 0.3) is 0 Å². The Balaban J connectivity index is 1.22. The molecule has 0 aromatic heterocycles. The molecule has 6 atom stereocenters. The molecule has 1 fully saturated rings. The van der Waals surface area contributed by atoms with Crippen LogP contribution in [0.4, 0.5) is 0 Å². The van der Waals surface area contributed by atoms with Gasteiger partial charge in [-0.3, -0.25) is 19.2 Å². The number of unbranched alkanes of at least 4 members (excludes halogenated alkanes) is 1. The van der Waals surface area contributed by atoms with Crippen molar-refractivity contribution < 1.29 is 53.1 Å². The third-order valence-corrected chi connectivity index (χ3v) is 9.96. The molecule has 0 saturated carbocycles. The number of nitrogens with two attached hydrogens (primary N) is 1. The fourth-order valence-electron chi connectivity index (χ4n) is 7.73. The molecular weight excluding hydrogens is 628 g/mol. The lowest BCUT2D eigenvalue weighted by atomic mass is 9.50. The number of aliphatic carboxylic acids is 1. The van der Waals surface area contributed by atoms with Gasteiger partial charge in [0, 0.05) is 31.5 Å². The number of benzene rings is 1. The lowest BCUT2D eigenvalue weighted by Gasteiger charge is -2.61. The molecule has 0 unspecified atom stereocenters. The quantitative estimate of drug-likeness (QED) is 0.123. The van der Waals surface area contributed by atoms with Crippen molar-refractivity contribution in [3.8, 4) is 11.5 Å². The van der Waals surface area contributed by atoms with Crippen molar-refractivity contribution in [3.05, 3.63) is 35.1 Å². The second-order valence-corrected chi connectivity index (χ2v) is 12.9. The summed E-state index contributed by atoms with van der Waals surface area (Å²) in [6.45, 7) is 2.22. The van der Waals surface area contributed by atoms with E-state index in [1.807, 2.05) is 19.2 Å². The monoisotopic (exact) mass is 672 g/mol. The molecule has 2 heterocycles. The van der Waals surface area contributed by atoms with E-state index < -0.39 is 59.5 Å². The molecule has 5 rings (SSSR count). The molecule has 2 bridgehead atoms. The summed E-state index contributed by atoms with van der Waals surface area (Å²) in [5.41, 5.74) is 5.23. The average molecular weight is 673 g/mol. The van der Waals surface area contributed by atoms with Crippen LogP contribution in [0.15, 0.2) is 24.0 Å². The number of nitrogens with one attached hydrogen (secondary N) is 2. The molecule has 0 radical (unpaired) electrons. The molecule has 4 aliphatic rings. The molecule has 1 aromatic rings. The molecule has 262 valence electrons.